The average molecular weight is 328 g/mol. The van der Waals surface area contributed by atoms with E-state index in [1.54, 1.807) is 6.07 Å². The first-order valence-electron chi connectivity index (χ1n) is 8.06. The van der Waals surface area contributed by atoms with Gasteiger partial charge in [0, 0.05) is 12.0 Å². The zero-order chi connectivity index (χ0) is 17.0. The molecule has 1 aromatic carbocycles. The second kappa shape index (κ2) is 7.34. The fourth-order valence-corrected chi connectivity index (χ4v) is 3.32. The average Bonchev–Trinajstić information content (AvgIpc) is 2.94. The standard InChI is InChI=1S/C17H23F3N2O/c1-2-6-14(21)16(23)22-15-10-5-8-12(15)11-7-3-4-9-13(11)17(18,19)20/h3-4,7,9,12,14-15H,2,5-6,8,10,21H2,1H3,(H,22,23). The zero-order valence-electron chi connectivity index (χ0n) is 13.2. The minimum absolute atomic E-state index is 0.270. The van der Waals surface area contributed by atoms with Crippen molar-refractivity contribution in [3.05, 3.63) is 35.4 Å². The molecule has 0 bridgehead atoms. The van der Waals surface area contributed by atoms with Crippen molar-refractivity contribution in [1.82, 2.24) is 5.32 Å². The van der Waals surface area contributed by atoms with Gasteiger partial charge in [-0.3, -0.25) is 4.79 Å². The number of carbonyl (C=O) groups excluding carboxylic acids is 1. The molecule has 0 radical (unpaired) electrons. The first kappa shape index (κ1) is 17.8. The lowest BCUT2D eigenvalue weighted by Gasteiger charge is -2.25. The molecule has 1 fully saturated rings. The van der Waals surface area contributed by atoms with Gasteiger partial charge in [-0.1, -0.05) is 38.0 Å². The molecule has 1 aromatic rings. The van der Waals surface area contributed by atoms with Crippen LogP contribution in [0.25, 0.3) is 0 Å². The Balaban J connectivity index is 2.18. The summed E-state index contributed by atoms with van der Waals surface area (Å²) in [7, 11) is 0. The monoisotopic (exact) mass is 328 g/mol. The zero-order valence-corrected chi connectivity index (χ0v) is 13.2. The molecular formula is C17H23F3N2O. The number of halogens is 3. The second-order valence-electron chi connectivity index (χ2n) is 6.13. The summed E-state index contributed by atoms with van der Waals surface area (Å²) in [5, 5.41) is 2.86. The molecule has 1 aliphatic rings. The van der Waals surface area contributed by atoms with Gasteiger partial charge >= 0.3 is 6.18 Å². The Morgan fingerprint density at radius 2 is 2.04 bits per heavy atom. The van der Waals surface area contributed by atoms with Crippen LogP contribution in [-0.4, -0.2) is 18.0 Å². The molecule has 1 aliphatic carbocycles. The Labute approximate surface area is 134 Å². The van der Waals surface area contributed by atoms with Crippen LogP contribution < -0.4 is 11.1 Å². The maximum absolute atomic E-state index is 13.2. The highest BCUT2D eigenvalue weighted by molar-refractivity contribution is 5.81. The van der Waals surface area contributed by atoms with Crippen LogP contribution in [0.1, 0.15) is 56.1 Å². The van der Waals surface area contributed by atoms with Crippen molar-refractivity contribution in [3.63, 3.8) is 0 Å². The number of carbonyl (C=O) groups is 1. The van der Waals surface area contributed by atoms with Crippen molar-refractivity contribution in [2.24, 2.45) is 5.73 Å². The summed E-state index contributed by atoms with van der Waals surface area (Å²) in [4.78, 5) is 12.1. The minimum Gasteiger partial charge on any atom is -0.351 e. The summed E-state index contributed by atoms with van der Waals surface area (Å²) in [5.74, 6) is -0.584. The normalized spacial score (nSPS) is 22.8. The van der Waals surface area contributed by atoms with Crippen LogP contribution in [0.5, 0.6) is 0 Å². The smallest absolute Gasteiger partial charge is 0.351 e. The Hall–Kier alpha value is -1.56. The Morgan fingerprint density at radius 1 is 1.35 bits per heavy atom. The lowest BCUT2D eigenvalue weighted by molar-refractivity contribution is -0.138. The van der Waals surface area contributed by atoms with Gasteiger partial charge in [-0.05, 0) is 30.9 Å². The molecule has 1 saturated carbocycles. The summed E-state index contributed by atoms with van der Waals surface area (Å²) in [5.41, 5.74) is 5.46. The molecule has 0 aromatic heterocycles. The van der Waals surface area contributed by atoms with Crippen molar-refractivity contribution >= 4 is 5.91 Å². The van der Waals surface area contributed by atoms with E-state index in [0.29, 0.717) is 19.3 Å². The molecule has 128 valence electrons. The molecule has 0 spiro atoms. The largest absolute Gasteiger partial charge is 0.416 e. The lowest BCUT2D eigenvalue weighted by atomic mass is 9.89. The van der Waals surface area contributed by atoms with Crippen molar-refractivity contribution in [1.29, 1.82) is 0 Å². The number of hydrogen-bond acceptors (Lipinski definition) is 2. The van der Waals surface area contributed by atoms with E-state index in [-0.39, 0.29) is 23.4 Å². The van der Waals surface area contributed by atoms with Gasteiger partial charge in [0.25, 0.3) is 0 Å². The highest BCUT2D eigenvalue weighted by atomic mass is 19.4. The van der Waals surface area contributed by atoms with Gasteiger partial charge < -0.3 is 11.1 Å². The number of rotatable bonds is 5. The molecule has 1 amide bonds. The third kappa shape index (κ3) is 4.25. The molecule has 6 heteroatoms. The predicted molar refractivity (Wildman–Crippen MR) is 82.9 cm³/mol. The highest BCUT2D eigenvalue weighted by Gasteiger charge is 2.39. The van der Waals surface area contributed by atoms with Crippen LogP contribution >= 0.6 is 0 Å². The number of benzene rings is 1. The molecule has 0 heterocycles. The van der Waals surface area contributed by atoms with Crippen molar-refractivity contribution in [3.8, 4) is 0 Å². The fraction of sp³-hybridized carbons (Fsp3) is 0.588. The SMILES string of the molecule is CCCC(N)C(=O)NC1CCCC1c1ccccc1C(F)(F)F. The van der Waals surface area contributed by atoms with E-state index in [4.69, 9.17) is 5.73 Å². The molecule has 3 N–H and O–H groups in total. The van der Waals surface area contributed by atoms with E-state index in [0.717, 1.165) is 18.9 Å². The molecule has 2 rings (SSSR count). The lowest BCUT2D eigenvalue weighted by Crippen LogP contribution is -2.46. The van der Waals surface area contributed by atoms with E-state index in [9.17, 15) is 18.0 Å². The van der Waals surface area contributed by atoms with Crippen molar-refractivity contribution in [2.45, 2.75) is 63.2 Å². The summed E-state index contributed by atoms with van der Waals surface area (Å²) in [6.07, 6.45) is -0.901. The van der Waals surface area contributed by atoms with Gasteiger partial charge in [0.1, 0.15) is 0 Å². The van der Waals surface area contributed by atoms with E-state index in [1.165, 1.54) is 12.1 Å². The third-order valence-electron chi connectivity index (χ3n) is 4.45. The summed E-state index contributed by atoms with van der Waals surface area (Å²) < 4.78 is 39.6. The summed E-state index contributed by atoms with van der Waals surface area (Å²) in [6, 6.07) is 4.75. The van der Waals surface area contributed by atoms with Gasteiger partial charge in [0.15, 0.2) is 0 Å². The van der Waals surface area contributed by atoms with Crippen molar-refractivity contribution < 1.29 is 18.0 Å². The Bertz CT molecular complexity index is 545. The molecular weight excluding hydrogens is 305 g/mol. The fourth-order valence-electron chi connectivity index (χ4n) is 3.32. The summed E-state index contributed by atoms with van der Waals surface area (Å²) >= 11 is 0. The van der Waals surface area contributed by atoms with Crippen LogP contribution in [-0.2, 0) is 11.0 Å². The Morgan fingerprint density at radius 3 is 2.70 bits per heavy atom. The highest BCUT2D eigenvalue weighted by Crippen LogP contribution is 2.41. The van der Waals surface area contributed by atoms with E-state index < -0.39 is 17.8 Å². The first-order chi connectivity index (χ1) is 10.8. The van der Waals surface area contributed by atoms with Gasteiger partial charge in [-0.2, -0.15) is 13.2 Å². The van der Waals surface area contributed by atoms with E-state index in [1.807, 2.05) is 6.92 Å². The molecule has 0 saturated heterocycles. The minimum atomic E-state index is -4.38. The molecule has 3 unspecified atom stereocenters. The van der Waals surface area contributed by atoms with Crippen molar-refractivity contribution in [2.75, 3.05) is 0 Å². The molecule has 23 heavy (non-hydrogen) atoms. The number of hydrogen-bond donors (Lipinski definition) is 2. The first-order valence-corrected chi connectivity index (χ1v) is 8.06. The van der Waals surface area contributed by atoms with E-state index >= 15 is 0 Å². The number of nitrogens with two attached hydrogens (primary N) is 1. The number of nitrogens with one attached hydrogen (secondary N) is 1. The Kier molecular flexibility index (Phi) is 5.68. The number of alkyl halides is 3. The summed E-state index contributed by atoms with van der Waals surface area (Å²) in [6.45, 7) is 1.94. The second-order valence-corrected chi connectivity index (χ2v) is 6.13. The topological polar surface area (TPSA) is 55.1 Å². The van der Waals surface area contributed by atoms with Gasteiger partial charge in [-0.15, -0.1) is 0 Å². The van der Waals surface area contributed by atoms with Gasteiger partial charge in [-0.25, -0.2) is 0 Å². The van der Waals surface area contributed by atoms with Gasteiger partial charge in [0.05, 0.1) is 11.6 Å². The van der Waals surface area contributed by atoms with E-state index in [2.05, 4.69) is 5.32 Å². The van der Waals surface area contributed by atoms with Crippen LogP contribution in [0.3, 0.4) is 0 Å². The van der Waals surface area contributed by atoms with Gasteiger partial charge in [0.2, 0.25) is 5.91 Å². The number of amides is 1. The maximum atomic E-state index is 13.2. The molecule has 3 nitrogen and oxygen atoms in total. The predicted octanol–water partition coefficient (Wildman–Crippen LogP) is 3.59. The van der Waals surface area contributed by atoms with Crippen LogP contribution in [0.2, 0.25) is 0 Å². The quantitative estimate of drug-likeness (QED) is 0.868. The van der Waals surface area contributed by atoms with Crippen LogP contribution in [0.15, 0.2) is 24.3 Å². The third-order valence-corrected chi connectivity index (χ3v) is 4.45. The maximum Gasteiger partial charge on any atom is 0.416 e. The van der Waals surface area contributed by atoms with Crippen LogP contribution in [0, 0.1) is 0 Å². The van der Waals surface area contributed by atoms with Crippen LogP contribution in [0.4, 0.5) is 13.2 Å². The molecule has 3 atom stereocenters. The molecule has 0 aliphatic heterocycles.